The van der Waals surface area contributed by atoms with Crippen molar-refractivity contribution in [2.45, 2.75) is 33.1 Å². The normalized spacial score (nSPS) is 11.6. The summed E-state index contributed by atoms with van der Waals surface area (Å²) in [6.07, 6.45) is 0. The van der Waals surface area contributed by atoms with E-state index in [4.69, 9.17) is 23.2 Å². The van der Waals surface area contributed by atoms with Gasteiger partial charge in [0.2, 0.25) is 0 Å². The van der Waals surface area contributed by atoms with Crippen LogP contribution in [0.2, 0.25) is 10.2 Å². The molecule has 0 spiro atoms. The Balaban J connectivity index is 2.49. The predicted molar refractivity (Wildman–Crippen MR) is 92.9 cm³/mol. The number of anilines is 2. The van der Waals surface area contributed by atoms with E-state index in [0.29, 0.717) is 21.8 Å². The molecule has 6 heteroatoms. The zero-order valence-corrected chi connectivity index (χ0v) is 15.4. The number of aromatic nitrogens is 2. The molecule has 0 saturated carbocycles. The van der Waals surface area contributed by atoms with Gasteiger partial charge in [-0.15, -0.1) is 0 Å². The number of hydrogen-bond acceptors (Lipinski definition) is 3. The van der Waals surface area contributed by atoms with Crippen LogP contribution in [0.5, 0.6) is 0 Å². The summed E-state index contributed by atoms with van der Waals surface area (Å²) in [5, 5.41) is 4.30. The summed E-state index contributed by atoms with van der Waals surface area (Å²) in [7, 11) is 0. The molecule has 0 aliphatic rings. The average molecular weight is 389 g/mol. The van der Waals surface area contributed by atoms with Crippen LogP contribution in [0.4, 0.5) is 11.5 Å². The van der Waals surface area contributed by atoms with Crippen molar-refractivity contribution in [1.29, 1.82) is 0 Å². The van der Waals surface area contributed by atoms with E-state index in [1.54, 1.807) is 0 Å². The van der Waals surface area contributed by atoms with Gasteiger partial charge in [0, 0.05) is 15.5 Å². The molecule has 0 bridgehead atoms. The van der Waals surface area contributed by atoms with Gasteiger partial charge < -0.3 is 5.32 Å². The van der Waals surface area contributed by atoms with Crippen molar-refractivity contribution in [2.24, 2.45) is 0 Å². The third-order valence-corrected chi connectivity index (χ3v) is 4.13. The maximum atomic E-state index is 6.23. The second kappa shape index (κ2) is 6.11. The molecular formula is C15H16BrCl2N3. The average Bonchev–Trinajstić information content (AvgIpc) is 2.37. The third-order valence-electron chi connectivity index (χ3n) is 2.94. The molecule has 2 aromatic rings. The Bertz CT molecular complexity index is 681. The molecule has 0 aliphatic carbocycles. The molecule has 0 unspecified atom stereocenters. The van der Waals surface area contributed by atoms with Gasteiger partial charge in [0.1, 0.15) is 16.8 Å². The minimum Gasteiger partial charge on any atom is -0.339 e. The molecule has 1 heterocycles. The molecule has 21 heavy (non-hydrogen) atoms. The Kier molecular flexibility index (Phi) is 4.81. The molecule has 112 valence electrons. The summed E-state index contributed by atoms with van der Waals surface area (Å²) in [6.45, 7) is 8.01. The smallest absolute Gasteiger partial charge is 0.138 e. The molecule has 0 atom stereocenters. The van der Waals surface area contributed by atoms with E-state index in [-0.39, 0.29) is 5.41 Å². The number of nitrogens with one attached hydrogen (secondary N) is 1. The Morgan fingerprint density at radius 3 is 2.43 bits per heavy atom. The van der Waals surface area contributed by atoms with Crippen molar-refractivity contribution in [3.05, 3.63) is 44.2 Å². The number of halogens is 3. The number of hydrogen-bond donors (Lipinski definition) is 1. The topological polar surface area (TPSA) is 37.8 Å². The van der Waals surface area contributed by atoms with Gasteiger partial charge in [-0.25, -0.2) is 9.97 Å². The Morgan fingerprint density at radius 2 is 1.81 bits per heavy atom. The highest BCUT2D eigenvalue weighted by Crippen LogP contribution is 2.32. The second-order valence-corrected chi connectivity index (χ2v) is 7.49. The molecule has 0 fully saturated rings. The van der Waals surface area contributed by atoms with E-state index < -0.39 is 0 Å². The van der Waals surface area contributed by atoms with E-state index >= 15 is 0 Å². The highest BCUT2D eigenvalue weighted by Gasteiger charge is 2.21. The first-order valence-electron chi connectivity index (χ1n) is 6.45. The number of nitrogens with zero attached hydrogens (tertiary/aromatic N) is 2. The van der Waals surface area contributed by atoms with E-state index in [2.05, 4.69) is 31.2 Å². The molecule has 0 amide bonds. The summed E-state index contributed by atoms with van der Waals surface area (Å²) in [5.74, 6) is 1.35. The van der Waals surface area contributed by atoms with Crippen molar-refractivity contribution in [3.63, 3.8) is 0 Å². The summed E-state index contributed by atoms with van der Waals surface area (Å²) in [4.78, 5) is 8.95. The molecular weight excluding hydrogens is 373 g/mol. The lowest BCUT2D eigenvalue weighted by Crippen LogP contribution is -2.17. The second-order valence-electron chi connectivity index (χ2n) is 5.81. The fourth-order valence-corrected chi connectivity index (χ4v) is 2.36. The maximum absolute atomic E-state index is 6.23. The summed E-state index contributed by atoms with van der Waals surface area (Å²) >= 11 is 15.9. The van der Waals surface area contributed by atoms with E-state index in [1.165, 1.54) is 0 Å². The highest BCUT2D eigenvalue weighted by molar-refractivity contribution is 9.10. The molecule has 1 aromatic carbocycles. The van der Waals surface area contributed by atoms with Crippen LogP contribution in [0.3, 0.4) is 0 Å². The summed E-state index contributed by atoms with van der Waals surface area (Å²) in [6, 6.07) is 5.60. The number of rotatable bonds is 2. The zero-order valence-electron chi connectivity index (χ0n) is 12.3. The molecule has 0 radical (unpaired) electrons. The Labute approximate surface area is 143 Å². The van der Waals surface area contributed by atoms with Crippen LogP contribution in [0.15, 0.2) is 22.7 Å². The van der Waals surface area contributed by atoms with Gasteiger partial charge in [0.25, 0.3) is 0 Å². The lowest BCUT2D eigenvalue weighted by molar-refractivity contribution is 0.545. The first-order valence-corrected chi connectivity index (χ1v) is 8.00. The van der Waals surface area contributed by atoms with E-state index in [1.807, 2.05) is 45.9 Å². The first kappa shape index (κ1) is 16.5. The fourth-order valence-electron chi connectivity index (χ4n) is 1.67. The van der Waals surface area contributed by atoms with Crippen molar-refractivity contribution >= 4 is 50.6 Å². The van der Waals surface area contributed by atoms with Crippen LogP contribution in [0, 0.1) is 6.92 Å². The molecule has 0 aliphatic heterocycles. The number of benzene rings is 1. The van der Waals surface area contributed by atoms with Gasteiger partial charge in [0.05, 0.1) is 10.7 Å². The predicted octanol–water partition coefficient (Wildman–Crippen LogP) is 5.90. The minimum absolute atomic E-state index is 0.186. The van der Waals surface area contributed by atoms with Crippen LogP contribution in [0.25, 0.3) is 0 Å². The van der Waals surface area contributed by atoms with Crippen molar-refractivity contribution in [1.82, 2.24) is 9.97 Å². The molecule has 0 saturated heterocycles. The fraction of sp³-hybridized carbons (Fsp3) is 0.333. The van der Waals surface area contributed by atoms with Gasteiger partial charge in [-0.05, 0) is 25.1 Å². The van der Waals surface area contributed by atoms with Gasteiger partial charge >= 0.3 is 0 Å². The highest BCUT2D eigenvalue weighted by atomic mass is 79.9. The van der Waals surface area contributed by atoms with Gasteiger partial charge in [0.15, 0.2) is 0 Å². The molecule has 2 rings (SSSR count). The summed E-state index contributed by atoms with van der Waals surface area (Å²) in [5.41, 5.74) is 1.37. The lowest BCUT2D eigenvalue weighted by Gasteiger charge is -2.19. The zero-order chi connectivity index (χ0) is 15.8. The van der Waals surface area contributed by atoms with Crippen molar-refractivity contribution in [3.8, 4) is 0 Å². The maximum Gasteiger partial charge on any atom is 0.138 e. The molecule has 3 nitrogen and oxygen atoms in total. The monoisotopic (exact) mass is 387 g/mol. The minimum atomic E-state index is -0.186. The SMILES string of the molecule is Cc1c(Cl)nc(C(C)(C)C)nc1Nc1cc(Br)ccc1Cl. The summed E-state index contributed by atoms with van der Waals surface area (Å²) < 4.78 is 0.934. The van der Waals surface area contributed by atoms with E-state index in [9.17, 15) is 0 Å². The van der Waals surface area contributed by atoms with Crippen LogP contribution in [0.1, 0.15) is 32.2 Å². The van der Waals surface area contributed by atoms with Gasteiger partial charge in [-0.1, -0.05) is 59.9 Å². The quantitative estimate of drug-likeness (QED) is 0.651. The largest absolute Gasteiger partial charge is 0.339 e. The standard InChI is InChI=1S/C15H16BrCl2N3/c1-8-12(18)20-14(15(2,3)4)21-13(8)19-11-7-9(16)5-6-10(11)17/h5-7H,1-4H3,(H,19,20,21). The van der Waals surface area contributed by atoms with Gasteiger partial charge in [-0.3, -0.25) is 0 Å². The van der Waals surface area contributed by atoms with Crippen LogP contribution < -0.4 is 5.32 Å². The van der Waals surface area contributed by atoms with Crippen LogP contribution in [-0.2, 0) is 5.41 Å². The third kappa shape index (κ3) is 3.87. The Hall–Kier alpha value is -0.840. The first-order chi connectivity index (χ1) is 9.68. The Morgan fingerprint density at radius 1 is 1.14 bits per heavy atom. The lowest BCUT2D eigenvalue weighted by atomic mass is 9.95. The molecule has 1 N–H and O–H groups in total. The van der Waals surface area contributed by atoms with Crippen LogP contribution in [-0.4, -0.2) is 9.97 Å². The van der Waals surface area contributed by atoms with Crippen molar-refractivity contribution in [2.75, 3.05) is 5.32 Å². The van der Waals surface area contributed by atoms with E-state index in [0.717, 1.165) is 15.7 Å². The van der Waals surface area contributed by atoms with Crippen LogP contribution >= 0.6 is 39.1 Å². The van der Waals surface area contributed by atoms with Crippen molar-refractivity contribution < 1.29 is 0 Å². The molecule has 1 aromatic heterocycles. The van der Waals surface area contributed by atoms with Gasteiger partial charge in [-0.2, -0.15) is 0 Å².